The molecular formula is C29H32F7N9O2. The van der Waals surface area contributed by atoms with Gasteiger partial charge in [-0.3, -0.25) is 19.2 Å². The zero-order valence-electron chi connectivity index (χ0n) is 25.2. The Labute approximate surface area is 263 Å². The minimum atomic E-state index is -4.53. The quantitative estimate of drug-likeness (QED) is 0.262. The average molecular weight is 672 g/mol. The average Bonchev–Trinajstić information content (AvgIpc) is 3.62. The Morgan fingerprint density at radius 2 is 1.91 bits per heavy atom. The Bertz CT molecular complexity index is 1690. The van der Waals surface area contributed by atoms with Crippen LogP contribution in [0.5, 0.6) is 0 Å². The lowest BCUT2D eigenvalue weighted by Gasteiger charge is -2.38. The number of alkyl halides is 7. The van der Waals surface area contributed by atoms with Gasteiger partial charge in [0.15, 0.2) is 0 Å². The highest BCUT2D eigenvalue weighted by molar-refractivity contribution is 5.93. The highest BCUT2D eigenvalue weighted by atomic mass is 19.4. The standard InChI is InChI=1S/C29H32F7N9O2/c1-2-44-22(5-8-38-44)25(47)41-23(16-3-6-27(30,31)7-4-16)21-13-45-26(40-21)39-20(12-43-14-28(32,33)15-43)19(42-45)10-17-9-18(29(34,35)36)11-37-24(17)46/h3,5,8,13,17-18,23H,2,4,6-7,9-12,14-15H2,1H3,(H,37,46)(H,41,47)/t17-,18-,23+/m1/s1. The molecule has 2 saturated heterocycles. The molecule has 2 amide bonds. The topological polar surface area (TPSA) is 122 Å². The van der Waals surface area contributed by atoms with Gasteiger partial charge in [-0.05, 0) is 31.4 Å². The molecule has 3 aliphatic rings. The Balaban J connectivity index is 1.36. The third-order valence-corrected chi connectivity index (χ3v) is 8.77. The highest BCUT2D eigenvalue weighted by Crippen LogP contribution is 2.38. The maximum Gasteiger partial charge on any atom is 0.393 e. The molecule has 3 aromatic heterocycles. The van der Waals surface area contributed by atoms with Crippen molar-refractivity contribution in [3.63, 3.8) is 0 Å². The fraction of sp³-hybridized carbons (Fsp3) is 0.586. The lowest BCUT2D eigenvalue weighted by atomic mass is 9.86. The minimum absolute atomic E-state index is 0.00751. The van der Waals surface area contributed by atoms with Crippen molar-refractivity contribution < 1.29 is 40.3 Å². The molecule has 3 atom stereocenters. The summed E-state index contributed by atoms with van der Waals surface area (Å²) in [5, 5.41) is 13.8. The van der Waals surface area contributed by atoms with Gasteiger partial charge < -0.3 is 10.6 Å². The lowest BCUT2D eigenvalue weighted by molar-refractivity contribution is -0.183. The van der Waals surface area contributed by atoms with Crippen LogP contribution >= 0.6 is 0 Å². The summed E-state index contributed by atoms with van der Waals surface area (Å²) in [7, 11) is 0. The van der Waals surface area contributed by atoms with Gasteiger partial charge in [0.1, 0.15) is 5.69 Å². The van der Waals surface area contributed by atoms with E-state index in [-0.39, 0.29) is 47.9 Å². The Morgan fingerprint density at radius 3 is 2.57 bits per heavy atom. The van der Waals surface area contributed by atoms with E-state index >= 15 is 0 Å². The first kappa shape index (κ1) is 32.8. The van der Waals surface area contributed by atoms with Gasteiger partial charge in [-0.2, -0.15) is 23.4 Å². The van der Waals surface area contributed by atoms with E-state index in [1.807, 2.05) is 0 Å². The van der Waals surface area contributed by atoms with Crippen molar-refractivity contribution in [2.75, 3.05) is 19.6 Å². The molecule has 2 N–H and O–H groups in total. The summed E-state index contributed by atoms with van der Waals surface area (Å²) in [6, 6.07) is 0.536. The Hall–Kier alpha value is -4.09. The van der Waals surface area contributed by atoms with E-state index in [0.29, 0.717) is 12.1 Å². The molecule has 47 heavy (non-hydrogen) atoms. The molecule has 2 fully saturated rings. The van der Waals surface area contributed by atoms with Gasteiger partial charge in [0.2, 0.25) is 5.91 Å². The van der Waals surface area contributed by atoms with E-state index in [2.05, 4.69) is 30.8 Å². The van der Waals surface area contributed by atoms with Crippen LogP contribution in [0.1, 0.15) is 66.2 Å². The first-order valence-corrected chi connectivity index (χ1v) is 15.2. The molecule has 254 valence electrons. The molecule has 3 aromatic rings. The Kier molecular flexibility index (Phi) is 8.50. The minimum Gasteiger partial charge on any atom is -0.355 e. The second kappa shape index (κ2) is 12.2. The van der Waals surface area contributed by atoms with Crippen LogP contribution in [0.4, 0.5) is 30.7 Å². The molecule has 18 heteroatoms. The number of hydrogen-bond acceptors (Lipinski definition) is 7. The van der Waals surface area contributed by atoms with Crippen molar-refractivity contribution in [1.29, 1.82) is 0 Å². The number of allylic oxidation sites excluding steroid dienone is 1. The number of rotatable bonds is 9. The van der Waals surface area contributed by atoms with Gasteiger partial charge >= 0.3 is 6.18 Å². The number of fused-ring (bicyclic) bond motifs is 1. The number of imidazole rings is 1. The number of piperidine rings is 1. The molecule has 0 bridgehead atoms. The van der Waals surface area contributed by atoms with Crippen LogP contribution in [0.15, 0.2) is 30.1 Å². The predicted octanol–water partition coefficient (Wildman–Crippen LogP) is 3.87. The third-order valence-electron chi connectivity index (χ3n) is 8.77. The number of carbonyl (C=O) groups excluding carboxylic acids is 2. The van der Waals surface area contributed by atoms with E-state index in [1.54, 1.807) is 6.92 Å². The number of aromatic nitrogens is 6. The number of hydrogen-bond donors (Lipinski definition) is 2. The summed E-state index contributed by atoms with van der Waals surface area (Å²) in [6.07, 6.45) is -2.05. The summed E-state index contributed by atoms with van der Waals surface area (Å²) in [6.45, 7) is 0.422. The number of nitrogens with one attached hydrogen (secondary N) is 2. The number of halogens is 7. The van der Waals surface area contributed by atoms with Crippen LogP contribution in [0, 0.1) is 11.8 Å². The number of amides is 2. The molecular weight excluding hydrogens is 639 g/mol. The van der Waals surface area contributed by atoms with Gasteiger partial charge in [-0.1, -0.05) is 6.08 Å². The number of aryl methyl sites for hydroxylation is 1. The van der Waals surface area contributed by atoms with Crippen LogP contribution in [-0.4, -0.2) is 83.7 Å². The summed E-state index contributed by atoms with van der Waals surface area (Å²) in [4.78, 5) is 36.4. The van der Waals surface area contributed by atoms with Crippen LogP contribution in [0.25, 0.3) is 5.78 Å². The predicted molar refractivity (Wildman–Crippen MR) is 150 cm³/mol. The summed E-state index contributed by atoms with van der Waals surface area (Å²) >= 11 is 0. The van der Waals surface area contributed by atoms with Crippen molar-refractivity contribution in [2.24, 2.45) is 11.8 Å². The Morgan fingerprint density at radius 1 is 1.15 bits per heavy atom. The first-order chi connectivity index (χ1) is 22.1. The summed E-state index contributed by atoms with van der Waals surface area (Å²) in [5.41, 5.74) is 1.21. The molecule has 0 aromatic carbocycles. The summed E-state index contributed by atoms with van der Waals surface area (Å²) in [5.74, 6) is -9.80. The van der Waals surface area contributed by atoms with E-state index in [1.165, 1.54) is 38.6 Å². The fourth-order valence-electron chi connectivity index (χ4n) is 6.23. The van der Waals surface area contributed by atoms with Crippen molar-refractivity contribution in [1.82, 2.24) is 44.9 Å². The van der Waals surface area contributed by atoms with Gasteiger partial charge in [0, 0.05) is 51.0 Å². The van der Waals surface area contributed by atoms with Crippen molar-refractivity contribution >= 4 is 17.6 Å². The van der Waals surface area contributed by atoms with Gasteiger partial charge in [0.25, 0.3) is 23.5 Å². The smallest absolute Gasteiger partial charge is 0.355 e. The molecule has 0 saturated carbocycles. The number of carbonyl (C=O) groups is 2. The second-order valence-corrected chi connectivity index (χ2v) is 12.3. The molecule has 0 radical (unpaired) electrons. The van der Waals surface area contributed by atoms with Crippen LogP contribution in [0.2, 0.25) is 0 Å². The van der Waals surface area contributed by atoms with E-state index in [9.17, 15) is 40.3 Å². The van der Waals surface area contributed by atoms with E-state index < -0.39 is 86.6 Å². The number of nitrogens with zero attached hydrogens (tertiary/aromatic N) is 7. The maximum atomic E-state index is 14.1. The van der Waals surface area contributed by atoms with Crippen LogP contribution in [0.3, 0.4) is 0 Å². The SMILES string of the molecule is CCn1nccc1C(=O)N[C@@H](C1=CCC(F)(F)CC1)c1cn2nc(C[C@H]3C[C@@H](C(F)(F)F)CNC3=O)c(CN3CC(F)(F)C3)nc2n1. The first-order valence-electron chi connectivity index (χ1n) is 15.2. The molecule has 2 aliphatic heterocycles. The summed E-state index contributed by atoms with van der Waals surface area (Å²) < 4.78 is 98.6. The van der Waals surface area contributed by atoms with Crippen molar-refractivity contribution in [3.8, 4) is 0 Å². The monoisotopic (exact) mass is 671 g/mol. The van der Waals surface area contributed by atoms with Crippen molar-refractivity contribution in [2.45, 2.75) is 76.2 Å². The van der Waals surface area contributed by atoms with Gasteiger partial charge in [-0.25, -0.2) is 32.0 Å². The molecule has 0 unspecified atom stereocenters. The maximum absolute atomic E-state index is 14.1. The zero-order chi connectivity index (χ0) is 33.7. The highest BCUT2D eigenvalue weighted by Gasteiger charge is 2.46. The van der Waals surface area contributed by atoms with Gasteiger partial charge in [0.05, 0.1) is 48.3 Å². The second-order valence-electron chi connectivity index (χ2n) is 12.3. The molecule has 6 rings (SSSR count). The molecule has 11 nitrogen and oxygen atoms in total. The fourth-order valence-corrected chi connectivity index (χ4v) is 6.23. The van der Waals surface area contributed by atoms with Crippen molar-refractivity contribution in [3.05, 3.63) is 52.9 Å². The molecule has 1 aliphatic carbocycles. The number of likely N-dealkylation sites (tertiary alicyclic amines) is 1. The van der Waals surface area contributed by atoms with E-state index in [0.717, 1.165) is 0 Å². The lowest BCUT2D eigenvalue weighted by Crippen LogP contribution is -2.55. The molecule has 5 heterocycles. The third kappa shape index (κ3) is 7.11. The zero-order valence-corrected chi connectivity index (χ0v) is 25.2. The van der Waals surface area contributed by atoms with Crippen LogP contribution in [-0.2, 0) is 24.3 Å². The normalized spacial score (nSPS) is 23.6. The van der Waals surface area contributed by atoms with Gasteiger partial charge in [-0.15, -0.1) is 0 Å². The molecule has 0 spiro atoms. The van der Waals surface area contributed by atoms with Crippen LogP contribution < -0.4 is 10.6 Å². The van der Waals surface area contributed by atoms with E-state index in [4.69, 9.17) is 0 Å². The largest absolute Gasteiger partial charge is 0.393 e.